The second-order valence-corrected chi connectivity index (χ2v) is 4.80. The van der Waals surface area contributed by atoms with Crippen LogP contribution in [-0.4, -0.2) is 4.98 Å². The van der Waals surface area contributed by atoms with Gasteiger partial charge in [-0.2, -0.15) is 0 Å². The van der Waals surface area contributed by atoms with E-state index < -0.39 is 5.82 Å². The summed E-state index contributed by atoms with van der Waals surface area (Å²) in [6.07, 6.45) is 0. The van der Waals surface area contributed by atoms with E-state index in [1.807, 2.05) is 6.07 Å². The molecule has 2 aromatic carbocycles. The number of nitrogen functional groups attached to an aromatic ring is 1. The molecule has 0 unspecified atom stereocenters. The quantitative estimate of drug-likeness (QED) is 0.692. The lowest BCUT2D eigenvalue weighted by molar-refractivity contribution is 0.564. The third-order valence-corrected chi connectivity index (χ3v) is 3.00. The third-order valence-electron chi connectivity index (χ3n) is 2.54. The number of oxazole rings is 1. The lowest BCUT2D eigenvalue weighted by Gasteiger charge is -1.96. The van der Waals surface area contributed by atoms with Crippen molar-refractivity contribution in [3.05, 3.63) is 46.7 Å². The molecule has 0 saturated carbocycles. The van der Waals surface area contributed by atoms with Crippen molar-refractivity contribution in [1.29, 1.82) is 0 Å². The molecule has 0 amide bonds. The molecule has 1 aromatic heterocycles. The van der Waals surface area contributed by atoms with Crippen LogP contribution in [0.1, 0.15) is 0 Å². The van der Waals surface area contributed by atoms with Gasteiger partial charge in [-0.3, -0.25) is 0 Å². The Labute approximate surface area is 111 Å². The van der Waals surface area contributed by atoms with Crippen LogP contribution < -0.4 is 5.73 Å². The van der Waals surface area contributed by atoms with Gasteiger partial charge < -0.3 is 10.2 Å². The zero-order valence-electron chi connectivity index (χ0n) is 9.15. The van der Waals surface area contributed by atoms with E-state index in [-0.39, 0.29) is 5.58 Å². The summed E-state index contributed by atoms with van der Waals surface area (Å²) in [6.45, 7) is 0. The molecular formula is C13H8BrFN2O. The Hall–Kier alpha value is -1.88. The van der Waals surface area contributed by atoms with Crippen molar-refractivity contribution in [2.24, 2.45) is 0 Å². The first-order chi connectivity index (χ1) is 8.63. The van der Waals surface area contributed by atoms with Crippen molar-refractivity contribution in [3.63, 3.8) is 0 Å². The number of nitrogens with two attached hydrogens (primary N) is 1. The van der Waals surface area contributed by atoms with Crippen LogP contribution in [0.2, 0.25) is 0 Å². The summed E-state index contributed by atoms with van der Waals surface area (Å²) in [4.78, 5) is 4.25. The second kappa shape index (κ2) is 4.10. The molecule has 0 radical (unpaired) electrons. The van der Waals surface area contributed by atoms with Crippen molar-refractivity contribution in [2.45, 2.75) is 0 Å². The van der Waals surface area contributed by atoms with E-state index in [1.54, 1.807) is 24.3 Å². The molecule has 0 aliphatic carbocycles. The summed E-state index contributed by atoms with van der Waals surface area (Å²) in [7, 11) is 0. The van der Waals surface area contributed by atoms with E-state index in [2.05, 4.69) is 20.9 Å². The second-order valence-electron chi connectivity index (χ2n) is 3.88. The first kappa shape index (κ1) is 11.2. The lowest BCUT2D eigenvalue weighted by atomic mass is 10.2. The number of aromatic nitrogens is 1. The Morgan fingerprint density at radius 1 is 1.22 bits per heavy atom. The van der Waals surface area contributed by atoms with Gasteiger partial charge >= 0.3 is 0 Å². The Morgan fingerprint density at radius 3 is 2.83 bits per heavy atom. The van der Waals surface area contributed by atoms with Gasteiger partial charge in [-0.15, -0.1) is 0 Å². The van der Waals surface area contributed by atoms with Gasteiger partial charge in [-0.25, -0.2) is 9.37 Å². The summed E-state index contributed by atoms with van der Waals surface area (Å²) in [5, 5.41) is 0. The van der Waals surface area contributed by atoms with Crippen molar-refractivity contribution in [1.82, 2.24) is 4.98 Å². The zero-order valence-corrected chi connectivity index (χ0v) is 10.7. The highest BCUT2D eigenvalue weighted by Crippen LogP contribution is 2.29. The maximum absolute atomic E-state index is 13.7. The van der Waals surface area contributed by atoms with E-state index in [0.29, 0.717) is 21.6 Å². The van der Waals surface area contributed by atoms with Crippen LogP contribution in [0.25, 0.3) is 22.6 Å². The van der Waals surface area contributed by atoms with Crippen molar-refractivity contribution in [2.75, 3.05) is 5.73 Å². The molecule has 0 fully saturated rings. The molecule has 0 spiro atoms. The summed E-state index contributed by atoms with van der Waals surface area (Å²) < 4.78 is 19.7. The number of hydrogen-bond donors (Lipinski definition) is 1. The summed E-state index contributed by atoms with van der Waals surface area (Å²) >= 11 is 3.22. The summed E-state index contributed by atoms with van der Waals surface area (Å²) in [6, 6.07) is 10.2. The lowest BCUT2D eigenvalue weighted by Crippen LogP contribution is -1.84. The van der Waals surface area contributed by atoms with Crippen molar-refractivity contribution >= 4 is 32.7 Å². The van der Waals surface area contributed by atoms with Gasteiger partial charge in [0.05, 0.1) is 0 Å². The molecule has 3 nitrogen and oxygen atoms in total. The van der Waals surface area contributed by atoms with Gasteiger partial charge in [-0.1, -0.05) is 22.0 Å². The first-order valence-corrected chi connectivity index (χ1v) is 6.04. The minimum absolute atomic E-state index is 0.149. The third kappa shape index (κ3) is 1.86. The Morgan fingerprint density at radius 2 is 2.06 bits per heavy atom. The van der Waals surface area contributed by atoms with Crippen LogP contribution in [0.4, 0.5) is 10.1 Å². The predicted octanol–water partition coefficient (Wildman–Crippen LogP) is 3.98. The number of anilines is 1. The molecule has 0 bridgehead atoms. The molecule has 18 heavy (non-hydrogen) atoms. The van der Waals surface area contributed by atoms with E-state index in [9.17, 15) is 4.39 Å². The summed E-state index contributed by atoms with van der Waals surface area (Å²) in [5.41, 5.74) is 7.65. The highest BCUT2D eigenvalue weighted by Gasteiger charge is 2.12. The normalized spacial score (nSPS) is 11.0. The Balaban J connectivity index is 2.22. The fourth-order valence-corrected chi connectivity index (χ4v) is 2.17. The van der Waals surface area contributed by atoms with E-state index in [0.717, 1.165) is 5.56 Å². The standard InChI is InChI=1S/C13H8BrFN2O/c14-8-5-10(15)12-11(6-8)17-13(18-12)7-2-1-3-9(16)4-7/h1-6H,16H2. The van der Waals surface area contributed by atoms with Gasteiger partial charge in [0, 0.05) is 15.7 Å². The highest BCUT2D eigenvalue weighted by atomic mass is 79.9. The number of halogens is 2. The zero-order chi connectivity index (χ0) is 12.7. The molecule has 0 atom stereocenters. The highest BCUT2D eigenvalue weighted by molar-refractivity contribution is 9.10. The van der Waals surface area contributed by atoms with Crippen LogP contribution >= 0.6 is 15.9 Å². The Bertz CT molecular complexity index is 739. The monoisotopic (exact) mass is 306 g/mol. The average molecular weight is 307 g/mol. The fourth-order valence-electron chi connectivity index (χ4n) is 1.75. The van der Waals surface area contributed by atoms with Crippen LogP contribution in [0.5, 0.6) is 0 Å². The van der Waals surface area contributed by atoms with Crippen molar-refractivity contribution < 1.29 is 8.81 Å². The minimum Gasteiger partial charge on any atom is -0.433 e. The van der Waals surface area contributed by atoms with Crippen molar-refractivity contribution in [3.8, 4) is 11.5 Å². The number of fused-ring (bicyclic) bond motifs is 1. The topological polar surface area (TPSA) is 52.0 Å². The Kier molecular flexibility index (Phi) is 2.56. The molecule has 2 N–H and O–H groups in total. The van der Waals surface area contributed by atoms with E-state index >= 15 is 0 Å². The maximum atomic E-state index is 13.7. The number of benzene rings is 2. The number of rotatable bonds is 1. The molecule has 3 aromatic rings. The fraction of sp³-hybridized carbons (Fsp3) is 0. The van der Waals surface area contributed by atoms with Crippen LogP contribution in [0.3, 0.4) is 0 Å². The average Bonchev–Trinajstić information content (AvgIpc) is 2.73. The molecule has 0 saturated heterocycles. The van der Waals surface area contributed by atoms with Gasteiger partial charge in [0.15, 0.2) is 11.4 Å². The van der Waals surface area contributed by atoms with E-state index in [4.69, 9.17) is 10.2 Å². The molecule has 90 valence electrons. The molecule has 0 aliphatic heterocycles. The SMILES string of the molecule is Nc1cccc(-c2nc3cc(Br)cc(F)c3o2)c1. The molecule has 5 heteroatoms. The number of hydrogen-bond acceptors (Lipinski definition) is 3. The van der Waals surface area contributed by atoms with Crippen LogP contribution in [-0.2, 0) is 0 Å². The van der Waals surface area contributed by atoms with E-state index in [1.165, 1.54) is 6.07 Å². The summed E-state index contributed by atoms with van der Waals surface area (Å²) in [5.74, 6) is -0.0867. The smallest absolute Gasteiger partial charge is 0.227 e. The maximum Gasteiger partial charge on any atom is 0.227 e. The van der Waals surface area contributed by atoms with Crippen LogP contribution in [0, 0.1) is 5.82 Å². The van der Waals surface area contributed by atoms with Gasteiger partial charge in [-0.05, 0) is 30.3 Å². The largest absolute Gasteiger partial charge is 0.433 e. The first-order valence-electron chi connectivity index (χ1n) is 5.25. The van der Waals surface area contributed by atoms with Gasteiger partial charge in [0.2, 0.25) is 5.89 Å². The number of nitrogens with zero attached hydrogens (tertiary/aromatic N) is 1. The van der Waals surface area contributed by atoms with Gasteiger partial charge in [0.25, 0.3) is 0 Å². The molecule has 1 heterocycles. The molecular weight excluding hydrogens is 299 g/mol. The van der Waals surface area contributed by atoms with Crippen LogP contribution in [0.15, 0.2) is 45.3 Å². The van der Waals surface area contributed by atoms with Gasteiger partial charge in [0.1, 0.15) is 5.52 Å². The predicted molar refractivity (Wildman–Crippen MR) is 71.5 cm³/mol. The molecule has 0 aliphatic rings. The molecule has 3 rings (SSSR count). The minimum atomic E-state index is -0.443.